The topological polar surface area (TPSA) is 63.3 Å². The highest BCUT2D eigenvalue weighted by atomic mass is 16.3. The van der Waals surface area contributed by atoms with Crippen molar-refractivity contribution in [1.29, 1.82) is 0 Å². The maximum atomic E-state index is 11.3. The predicted octanol–water partition coefficient (Wildman–Crippen LogP) is 1.35. The summed E-state index contributed by atoms with van der Waals surface area (Å²) in [6.45, 7) is 2.01. The van der Waals surface area contributed by atoms with Crippen LogP contribution in [0.4, 0.5) is 0 Å². The largest absolute Gasteiger partial charge is 0.396 e. The fourth-order valence-electron chi connectivity index (χ4n) is 1.76. The number of aliphatic hydroxyl groups excluding tert-OH is 1. The normalized spacial score (nSPS) is 14.4. The van der Waals surface area contributed by atoms with Gasteiger partial charge in [-0.3, -0.25) is 4.79 Å². The van der Waals surface area contributed by atoms with Crippen molar-refractivity contribution >= 4 is 5.91 Å². The molecule has 3 heteroatoms. The zero-order chi connectivity index (χ0) is 12.0. The summed E-state index contributed by atoms with van der Waals surface area (Å²) < 4.78 is 0. The molecule has 88 valence electrons. The Morgan fingerprint density at radius 2 is 2.00 bits per heavy atom. The van der Waals surface area contributed by atoms with Crippen LogP contribution in [0.1, 0.15) is 18.9 Å². The molecule has 1 aromatic rings. The number of amides is 1. The van der Waals surface area contributed by atoms with Crippen molar-refractivity contribution in [3.63, 3.8) is 0 Å². The Hall–Kier alpha value is -1.35. The lowest BCUT2D eigenvalue weighted by molar-refractivity contribution is -0.122. The first-order valence-corrected chi connectivity index (χ1v) is 5.57. The average Bonchev–Trinajstić information content (AvgIpc) is 2.29. The van der Waals surface area contributed by atoms with Crippen molar-refractivity contribution in [2.75, 3.05) is 6.61 Å². The number of benzene rings is 1. The molecule has 0 fully saturated rings. The lowest BCUT2D eigenvalue weighted by Crippen LogP contribution is -2.27. The highest BCUT2D eigenvalue weighted by Gasteiger charge is 2.18. The number of carbonyl (C=O) groups excluding carboxylic acids is 1. The molecule has 0 aliphatic carbocycles. The highest BCUT2D eigenvalue weighted by molar-refractivity contribution is 5.76. The van der Waals surface area contributed by atoms with Crippen LogP contribution in [0.5, 0.6) is 0 Å². The standard InChI is InChI=1S/C13H19NO2/c1-10(9-15)7-12(13(14)16)8-11-5-3-2-4-6-11/h2-6,10,12,15H,7-9H2,1H3,(H2,14,16)/t10-,12-/m0/s1. The minimum Gasteiger partial charge on any atom is -0.396 e. The van der Waals surface area contributed by atoms with Crippen LogP contribution in [-0.4, -0.2) is 17.6 Å². The Morgan fingerprint density at radius 1 is 1.38 bits per heavy atom. The molecule has 0 radical (unpaired) electrons. The number of hydrogen-bond acceptors (Lipinski definition) is 2. The van der Waals surface area contributed by atoms with Gasteiger partial charge in [0.2, 0.25) is 5.91 Å². The van der Waals surface area contributed by atoms with E-state index < -0.39 is 0 Å². The van der Waals surface area contributed by atoms with Crippen LogP contribution in [-0.2, 0) is 11.2 Å². The predicted molar refractivity (Wildman–Crippen MR) is 63.7 cm³/mol. The number of aliphatic hydroxyl groups is 1. The zero-order valence-corrected chi connectivity index (χ0v) is 9.60. The second-order valence-electron chi connectivity index (χ2n) is 4.31. The van der Waals surface area contributed by atoms with E-state index in [4.69, 9.17) is 10.8 Å². The second-order valence-corrected chi connectivity index (χ2v) is 4.31. The smallest absolute Gasteiger partial charge is 0.220 e. The maximum Gasteiger partial charge on any atom is 0.220 e. The lowest BCUT2D eigenvalue weighted by atomic mass is 9.90. The van der Waals surface area contributed by atoms with Crippen molar-refractivity contribution in [2.24, 2.45) is 17.6 Å². The molecule has 0 aliphatic heterocycles. The quantitative estimate of drug-likeness (QED) is 0.761. The van der Waals surface area contributed by atoms with Gasteiger partial charge in [0.1, 0.15) is 0 Å². The van der Waals surface area contributed by atoms with Gasteiger partial charge in [0.25, 0.3) is 0 Å². The van der Waals surface area contributed by atoms with Gasteiger partial charge in [0.15, 0.2) is 0 Å². The molecular formula is C13H19NO2. The second kappa shape index (κ2) is 6.28. The molecule has 2 atom stereocenters. The van der Waals surface area contributed by atoms with Gasteiger partial charge in [-0.2, -0.15) is 0 Å². The first-order valence-electron chi connectivity index (χ1n) is 5.57. The van der Waals surface area contributed by atoms with E-state index in [0.29, 0.717) is 12.8 Å². The van der Waals surface area contributed by atoms with Gasteiger partial charge in [0.05, 0.1) is 0 Å². The Bertz CT molecular complexity index is 324. The van der Waals surface area contributed by atoms with Crippen LogP contribution in [0, 0.1) is 11.8 Å². The van der Waals surface area contributed by atoms with Crippen LogP contribution >= 0.6 is 0 Å². The van der Waals surface area contributed by atoms with Crippen molar-refractivity contribution in [2.45, 2.75) is 19.8 Å². The summed E-state index contributed by atoms with van der Waals surface area (Å²) in [6.07, 6.45) is 1.29. The number of hydrogen-bond donors (Lipinski definition) is 2. The van der Waals surface area contributed by atoms with E-state index in [-0.39, 0.29) is 24.3 Å². The van der Waals surface area contributed by atoms with Crippen LogP contribution in [0.15, 0.2) is 30.3 Å². The Morgan fingerprint density at radius 3 is 2.50 bits per heavy atom. The maximum absolute atomic E-state index is 11.3. The molecule has 3 nitrogen and oxygen atoms in total. The summed E-state index contributed by atoms with van der Waals surface area (Å²) in [5, 5.41) is 8.98. The fourth-order valence-corrected chi connectivity index (χ4v) is 1.76. The van der Waals surface area contributed by atoms with E-state index in [1.54, 1.807) is 0 Å². The zero-order valence-electron chi connectivity index (χ0n) is 9.60. The molecule has 3 N–H and O–H groups in total. The van der Waals surface area contributed by atoms with Crippen molar-refractivity contribution in [3.8, 4) is 0 Å². The molecule has 0 bridgehead atoms. The molecule has 0 heterocycles. The Balaban J connectivity index is 2.62. The summed E-state index contributed by atoms with van der Waals surface area (Å²) >= 11 is 0. The summed E-state index contributed by atoms with van der Waals surface area (Å²) in [4.78, 5) is 11.3. The van der Waals surface area contributed by atoms with Crippen LogP contribution < -0.4 is 5.73 Å². The Labute approximate surface area is 96.3 Å². The molecule has 1 rings (SSSR count). The van der Waals surface area contributed by atoms with Crippen molar-refractivity contribution in [1.82, 2.24) is 0 Å². The first kappa shape index (κ1) is 12.7. The first-order chi connectivity index (χ1) is 7.63. The third-order valence-corrected chi connectivity index (χ3v) is 2.73. The van der Waals surface area contributed by atoms with E-state index in [1.165, 1.54) is 0 Å². The molecule has 1 amide bonds. The summed E-state index contributed by atoms with van der Waals surface area (Å²) in [7, 11) is 0. The number of nitrogens with two attached hydrogens (primary N) is 1. The summed E-state index contributed by atoms with van der Waals surface area (Å²) in [5.74, 6) is -0.366. The minimum absolute atomic E-state index is 0.0958. The molecule has 16 heavy (non-hydrogen) atoms. The van der Waals surface area contributed by atoms with Crippen molar-refractivity contribution < 1.29 is 9.90 Å². The SMILES string of the molecule is C[C@H](CO)C[C@@H](Cc1ccccc1)C(N)=O. The molecule has 0 aliphatic rings. The van der Waals surface area contributed by atoms with Gasteiger partial charge < -0.3 is 10.8 Å². The highest BCUT2D eigenvalue weighted by Crippen LogP contribution is 2.17. The van der Waals surface area contributed by atoms with E-state index in [9.17, 15) is 4.79 Å². The molecule has 0 spiro atoms. The van der Waals surface area contributed by atoms with Crippen LogP contribution in [0.2, 0.25) is 0 Å². The van der Waals surface area contributed by atoms with Crippen LogP contribution in [0.3, 0.4) is 0 Å². The monoisotopic (exact) mass is 221 g/mol. The number of carbonyl (C=O) groups is 1. The lowest BCUT2D eigenvalue weighted by Gasteiger charge is -2.16. The third kappa shape index (κ3) is 4.03. The van der Waals surface area contributed by atoms with Crippen molar-refractivity contribution in [3.05, 3.63) is 35.9 Å². The molecular weight excluding hydrogens is 202 g/mol. The number of rotatable bonds is 6. The number of primary amides is 1. The summed E-state index contributed by atoms with van der Waals surface area (Å²) in [6, 6.07) is 9.81. The van der Waals surface area contributed by atoms with Gasteiger partial charge in [-0.15, -0.1) is 0 Å². The van der Waals surface area contributed by atoms with Gasteiger partial charge in [-0.1, -0.05) is 37.3 Å². The molecule has 0 saturated carbocycles. The average molecular weight is 221 g/mol. The van der Waals surface area contributed by atoms with E-state index in [2.05, 4.69) is 0 Å². The van der Waals surface area contributed by atoms with E-state index >= 15 is 0 Å². The van der Waals surface area contributed by atoms with E-state index in [0.717, 1.165) is 5.56 Å². The molecule has 0 unspecified atom stereocenters. The molecule has 0 aromatic heterocycles. The van der Waals surface area contributed by atoms with Gasteiger partial charge in [-0.25, -0.2) is 0 Å². The van der Waals surface area contributed by atoms with Gasteiger partial charge in [0, 0.05) is 12.5 Å². The third-order valence-electron chi connectivity index (χ3n) is 2.73. The minimum atomic E-state index is -0.288. The molecule has 1 aromatic carbocycles. The Kier molecular flexibility index (Phi) is 4.99. The van der Waals surface area contributed by atoms with E-state index in [1.807, 2.05) is 37.3 Å². The fraction of sp³-hybridized carbons (Fsp3) is 0.462. The van der Waals surface area contributed by atoms with Crippen LogP contribution in [0.25, 0.3) is 0 Å². The summed E-state index contributed by atoms with van der Waals surface area (Å²) in [5.41, 5.74) is 6.47. The van der Waals surface area contributed by atoms with Gasteiger partial charge >= 0.3 is 0 Å². The molecule has 0 saturated heterocycles. The van der Waals surface area contributed by atoms with Gasteiger partial charge in [-0.05, 0) is 24.3 Å².